The van der Waals surface area contributed by atoms with Gasteiger partial charge in [0.1, 0.15) is 44.9 Å². The van der Waals surface area contributed by atoms with Crippen LogP contribution in [0.25, 0.3) is 21.8 Å². The van der Waals surface area contributed by atoms with Gasteiger partial charge < -0.3 is 19.5 Å². The highest BCUT2D eigenvalue weighted by Gasteiger charge is 2.25. The first kappa shape index (κ1) is 17.0. The molecule has 0 radical (unpaired) electrons. The Hall–Kier alpha value is -2.39. The van der Waals surface area contributed by atoms with Crippen LogP contribution in [-0.2, 0) is 6.54 Å². The fraction of sp³-hybridized carbons (Fsp3) is 0.381. The van der Waals surface area contributed by atoms with E-state index in [0.29, 0.717) is 13.1 Å². The Morgan fingerprint density at radius 3 is 2.04 bits per heavy atom. The summed E-state index contributed by atoms with van der Waals surface area (Å²) in [6.07, 6.45) is -0.373. The van der Waals surface area contributed by atoms with E-state index in [0.717, 1.165) is 32.7 Å². The summed E-state index contributed by atoms with van der Waals surface area (Å²) in [5.41, 5.74) is 2.37. The van der Waals surface area contributed by atoms with Crippen molar-refractivity contribution in [2.75, 3.05) is 39.3 Å². The molecule has 5 heteroatoms. The Kier molecular flexibility index (Phi) is 4.89. The van der Waals surface area contributed by atoms with Gasteiger partial charge in [-0.15, -0.1) is 0 Å². The minimum atomic E-state index is -0.373. The Balaban J connectivity index is 1.49. The van der Waals surface area contributed by atoms with Crippen LogP contribution in [0.3, 0.4) is 0 Å². The van der Waals surface area contributed by atoms with Gasteiger partial charge in [-0.3, -0.25) is 0 Å². The molecule has 2 aromatic carbocycles. The van der Waals surface area contributed by atoms with Gasteiger partial charge in [-0.1, -0.05) is 36.4 Å². The Bertz CT molecular complexity index is 881. The molecule has 0 aliphatic carbocycles. The number of nitrogens with zero attached hydrogens (tertiary/aromatic N) is 2. The number of hydrogen-bond donors (Lipinski definition) is 3. The van der Waals surface area contributed by atoms with Gasteiger partial charge >= 0.3 is 0 Å². The number of quaternary nitrogens is 2. The number of piperazine rings is 1. The SMILES string of the molecule is N#CC[NH+]1CC[NH+](C[C@@H](O)Cn2c3ccccc3c3ccccc32)CC1. The number of fused-ring (bicyclic) bond motifs is 3. The van der Waals surface area contributed by atoms with Crippen molar-refractivity contribution in [3.63, 3.8) is 0 Å². The second-order valence-electron chi connectivity index (χ2n) is 7.34. The molecule has 3 N–H and O–H groups in total. The van der Waals surface area contributed by atoms with Crippen molar-refractivity contribution in [3.05, 3.63) is 48.5 Å². The molecule has 5 nitrogen and oxygen atoms in total. The van der Waals surface area contributed by atoms with Gasteiger partial charge in [0, 0.05) is 21.8 Å². The summed E-state index contributed by atoms with van der Waals surface area (Å²) in [5.74, 6) is 0. The van der Waals surface area contributed by atoms with Crippen LogP contribution in [-0.4, -0.2) is 55.0 Å². The third-order valence-electron chi connectivity index (χ3n) is 5.59. The molecule has 1 fully saturated rings. The Labute approximate surface area is 153 Å². The second kappa shape index (κ2) is 7.46. The van der Waals surface area contributed by atoms with Gasteiger partial charge in [-0.2, -0.15) is 5.26 Å². The summed E-state index contributed by atoms with van der Waals surface area (Å²) in [5, 5.41) is 22.1. The minimum absolute atomic E-state index is 0.373. The lowest BCUT2D eigenvalue weighted by molar-refractivity contribution is -1.01. The summed E-state index contributed by atoms with van der Waals surface area (Å²) in [6.45, 7) is 6.07. The van der Waals surface area contributed by atoms with E-state index in [1.807, 2.05) is 0 Å². The summed E-state index contributed by atoms with van der Waals surface area (Å²) in [4.78, 5) is 2.81. The van der Waals surface area contributed by atoms with E-state index in [9.17, 15) is 5.11 Å². The van der Waals surface area contributed by atoms with Crippen molar-refractivity contribution in [2.24, 2.45) is 0 Å². The topological polar surface area (TPSA) is 57.8 Å². The summed E-state index contributed by atoms with van der Waals surface area (Å²) < 4.78 is 2.26. The number of hydrogen-bond acceptors (Lipinski definition) is 2. The van der Waals surface area contributed by atoms with Crippen LogP contribution in [0.4, 0.5) is 0 Å². The first-order valence-corrected chi connectivity index (χ1v) is 9.44. The van der Waals surface area contributed by atoms with Crippen molar-refractivity contribution in [1.29, 1.82) is 5.26 Å². The van der Waals surface area contributed by atoms with Crippen molar-refractivity contribution in [3.8, 4) is 6.07 Å². The van der Waals surface area contributed by atoms with E-state index in [1.165, 1.54) is 31.6 Å². The molecule has 1 atom stereocenters. The van der Waals surface area contributed by atoms with Gasteiger partial charge in [-0.25, -0.2) is 0 Å². The Morgan fingerprint density at radius 1 is 0.923 bits per heavy atom. The van der Waals surface area contributed by atoms with Gasteiger partial charge in [0.15, 0.2) is 6.54 Å². The maximum Gasteiger partial charge on any atom is 0.165 e. The van der Waals surface area contributed by atoms with Crippen LogP contribution >= 0.6 is 0 Å². The molecule has 0 bridgehead atoms. The van der Waals surface area contributed by atoms with Crippen LogP contribution in [0.5, 0.6) is 0 Å². The zero-order valence-electron chi connectivity index (χ0n) is 15.0. The molecule has 0 unspecified atom stereocenters. The van der Waals surface area contributed by atoms with Crippen LogP contribution in [0.1, 0.15) is 0 Å². The summed E-state index contributed by atoms with van der Waals surface area (Å²) in [7, 11) is 0. The largest absolute Gasteiger partial charge is 0.385 e. The molecule has 4 rings (SSSR count). The monoisotopic (exact) mass is 350 g/mol. The highest BCUT2D eigenvalue weighted by atomic mass is 16.3. The lowest BCUT2D eigenvalue weighted by Crippen LogP contribution is -3.28. The zero-order chi connectivity index (χ0) is 17.9. The number of para-hydroxylation sites is 2. The Morgan fingerprint density at radius 2 is 1.46 bits per heavy atom. The van der Waals surface area contributed by atoms with Gasteiger partial charge in [-0.05, 0) is 12.1 Å². The van der Waals surface area contributed by atoms with E-state index in [1.54, 1.807) is 0 Å². The first-order chi connectivity index (χ1) is 12.8. The van der Waals surface area contributed by atoms with Crippen molar-refractivity contribution in [1.82, 2.24) is 4.57 Å². The number of aliphatic hydroxyl groups excluding tert-OH is 1. The summed E-state index contributed by atoms with van der Waals surface area (Å²) in [6, 6.07) is 19.1. The number of aliphatic hydroxyl groups is 1. The maximum absolute atomic E-state index is 10.8. The third-order valence-corrected chi connectivity index (χ3v) is 5.59. The molecule has 1 aliphatic heterocycles. The molecule has 0 amide bonds. The molecule has 134 valence electrons. The van der Waals surface area contributed by atoms with Gasteiger partial charge in [0.2, 0.25) is 0 Å². The fourth-order valence-corrected chi connectivity index (χ4v) is 4.26. The highest BCUT2D eigenvalue weighted by Crippen LogP contribution is 2.28. The lowest BCUT2D eigenvalue weighted by atomic mass is 10.2. The molecular formula is C21H26N4O+2. The predicted octanol–water partition coefficient (Wildman–Crippen LogP) is -0.538. The van der Waals surface area contributed by atoms with E-state index in [2.05, 4.69) is 59.2 Å². The molecule has 0 spiro atoms. The zero-order valence-corrected chi connectivity index (χ0v) is 15.0. The summed E-state index contributed by atoms with van der Waals surface area (Å²) >= 11 is 0. The number of benzene rings is 2. The smallest absolute Gasteiger partial charge is 0.165 e. The standard InChI is InChI=1S/C21H24N4O/c22-9-10-23-11-13-24(14-12-23)15-17(26)16-25-20-7-3-1-5-18(20)19-6-2-4-8-21(19)25/h1-8,17,26H,10-16H2/p+2/t17-/m1/s1. The molecule has 1 saturated heterocycles. The first-order valence-electron chi connectivity index (χ1n) is 9.44. The predicted molar refractivity (Wildman–Crippen MR) is 102 cm³/mol. The number of aromatic nitrogens is 1. The molecule has 3 aromatic rings. The molecule has 1 aliphatic rings. The van der Waals surface area contributed by atoms with Crippen LogP contribution in [0.2, 0.25) is 0 Å². The molecule has 2 heterocycles. The van der Waals surface area contributed by atoms with Crippen LogP contribution < -0.4 is 9.80 Å². The third kappa shape index (κ3) is 3.32. The number of rotatable bonds is 5. The van der Waals surface area contributed by atoms with Crippen molar-refractivity contribution in [2.45, 2.75) is 12.6 Å². The van der Waals surface area contributed by atoms with Crippen LogP contribution in [0, 0.1) is 11.3 Å². The van der Waals surface area contributed by atoms with E-state index >= 15 is 0 Å². The molecular weight excluding hydrogens is 324 g/mol. The fourth-order valence-electron chi connectivity index (χ4n) is 4.26. The average Bonchev–Trinajstić information content (AvgIpc) is 2.98. The van der Waals surface area contributed by atoms with E-state index < -0.39 is 0 Å². The molecule has 1 aromatic heterocycles. The normalized spacial score (nSPS) is 21.7. The van der Waals surface area contributed by atoms with Crippen LogP contribution in [0.15, 0.2) is 48.5 Å². The highest BCUT2D eigenvalue weighted by molar-refractivity contribution is 6.07. The average molecular weight is 350 g/mol. The van der Waals surface area contributed by atoms with Gasteiger partial charge in [0.05, 0.1) is 6.54 Å². The minimum Gasteiger partial charge on any atom is -0.385 e. The van der Waals surface area contributed by atoms with Gasteiger partial charge in [0.25, 0.3) is 0 Å². The lowest BCUT2D eigenvalue weighted by Gasteiger charge is -2.29. The quantitative estimate of drug-likeness (QED) is 0.542. The molecule has 0 saturated carbocycles. The number of nitriles is 1. The number of nitrogens with one attached hydrogen (secondary N) is 2. The molecule has 26 heavy (non-hydrogen) atoms. The van der Waals surface area contributed by atoms with Crippen molar-refractivity contribution < 1.29 is 14.9 Å². The van der Waals surface area contributed by atoms with Crippen molar-refractivity contribution >= 4 is 21.8 Å². The van der Waals surface area contributed by atoms with E-state index in [-0.39, 0.29) is 6.10 Å². The second-order valence-corrected chi connectivity index (χ2v) is 7.34. The van der Waals surface area contributed by atoms with E-state index in [4.69, 9.17) is 5.26 Å². The maximum atomic E-state index is 10.8.